The number of rotatable bonds is 5. The van der Waals surface area contributed by atoms with E-state index in [0.29, 0.717) is 11.4 Å². The summed E-state index contributed by atoms with van der Waals surface area (Å²) < 4.78 is 5.21. The molecule has 1 unspecified atom stereocenters. The minimum atomic E-state index is -0.709. The first kappa shape index (κ1) is 18.8. The molecule has 1 aliphatic heterocycles. The van der Waals surface area contributed by atoms with E-state index < -0.39 is 17.7 Å². The van der Waals surface area contributed by atoms with Crippen LogP contribution in [-0.2, 0) is 9.59 Å². The van der Waals surface area contributed by atoms with Crippen molar-refractivity contribution in [1.82, 2.24) is 4.98 Å². The van der Waals surface area contributed by atoms with Gasteiger partial charge in [0.05, 0.1) is 18.7 Å². The van der Waals surface area contributed by atoms with Crippen LogP contribution in [-0.4, -0.2) is 28.9 Å². The Bertz CT molecular complexity index is 1140. The first-order valence-electron chi connectivity index (χ1n) is 9.49. The summed E-state index contributed by atoms with van der Waals surface area (Å²) in [5.74, 6) is -0.659. The number of aryl methyl sites for hydroxylation is 1. The Labute approximate surface area is 168 Å². The van der Waals surface area contributed by atoms with Crippen LogP contribution in [0.25, 0.3) is 10.9 Å². The van der Waals surface area contributed by atoms with Crippen molar-refractivity contribution in [1.29, 1.82) is 0 Å². The number of Topliss-reactive ketones (excluding diaryl/α,β-unsaturated/α-hetero) is 1. The van der Waals surface area contributed by atoms with Gasteiger partial charge in [-0.3, -0.25) is 14.5 Å². The Balaban J connectivity index is 1.96. The van der Waals surface area contributed by atoms with Crippen LogP contribution in [0.5, 0.6) is 5.75 Å². The molecule has 1 amide bonds. The number of carbonyl (C=O) groups excluding carboxylic acids is 2. The molecule has 0 spiro atoms. The number of benzene rings is 2. The number of aromatic nitrogens is 1. The number of aliphatic hydroxyl groups is 1. The summed E-state index contributed by atoms with van der Waals surface area (Å²) in [5, 5.41) is 11.6. The molecular formula is C23H22N2O4. The number of aliphatic hydroxyl groups excluding tert-OH is 1. The van der Waals surface area contributed by atoms with Gasteiger partial charge in [0, 0.05) is 34.3 Å². The maximum Gasteiger partial charge on any atom is 0.294 e. The van der Waals surface area contributed by atoms with Crippen molar-refractivity contribution in [3.05, 3.63) is 71.1 Å². The Kier molecular flexibility index (Phi) is 4.62. The molecule has 29 heavy (non-hydrogen) atoms. The fraction of sp³-hybridized carbons (Fsp3) is 0.217. The van der Waals surface area contributed by atoms with E-state index in [2.05, 4.69) is 4.98 Å². The smallest absolute Gasteiger partial charge is 0.294 e. The number of H-pyrrole nitrogens is 1. The van der Waals surface area contributed by atoms with Crippen molar-refractivity contribution in [2.24, 2.45) is 0 Å². The molecule has 148 valence electrons. The standard InChI is InChI=1S/C23H22N2O4/c1-4-18(26)20-21(19-13(2)24-17-8-6-5-7-16(17)19)25(23(28)22(20)27)14-9-11-15(29-3)12-10-14/h5-12,21,24,27H,4H2,1-3H3. The first-order valence-corrected chi connectivity index (χ1v) is 9.49. The monoisotopic (exact) mass is 390 g/mol. The lowest BCUT2D eigenvalue weighted by Crippen LogP contribution is -2.31. The highest BCUT2D eigenvalue weighted by atomic mass is 16.5. The molecule has 2 N–H and O–H groups in total. The quantitative estimate of drug-likeness (QED) is 0.678. The van der Waals surface area contributed by atoms with Gasteiger partial charge in [-0.1, -0.05) is 25.1 Å². The largest absolute Gasteiger partial charge is 0.503 e. The number of para-hydroxylation sites is 1. The molecule has 0 aliphatic carbocycles. The number of fused-ring (bicyclic) bond motifs is 1. The molecule has 1 atom stereocenters. The third-order valence-corrected chi connectivity index (χ3v) is 5.40. The lowest BCUT2D eigenvalue weighted by molar-refractivity contribution is -0.118. The van der Waals surface area contributed by atoms with Gasteiger partial charge in [-0.05, 0) is 37.3 Å². The second kappa shape index (κ2) is 7.13. The minimum Gasteiger partial charge on any atom is -0.503 e. The van der Waals surface area contributed by atoms with Gasteiger partial charge in [-0.25, -0.2) is 0 Å². The SMILES string of the molecule is CCC(=O)C1=C(O)C(=O)N(c2ccc(OC)cc2)C1c1c(C)[nH]c2ccccc12. The minimum absolute atomic E-state index is 0.140. The van der Waals surface area contributed by atoms with Gasteiger partial charge < -0.3 is 14.8 Å². The Morgan fingerprint density at radius 1 is 1.17 bits per heavy atom. The molecule has 0 saturated carbocycles. The van der Waals surface area contributed by atoms with Gasteiger partial charge >= 0.3 is 0 Å². The van der Waals surface area contributed by atoms with Gasteiger partial charge in [-0.2, -0.15) is 0 Å². The number of hydrogen-bond donors (Lipinski definition) is 2. The average Bonchev–Trinajstić information content (AvgIpc) is 3.20. The van der Waals surface area contributed by atoms with Crippen LogP contribution in [0.2, 0.25) is 0 Å². The fourth-order valence-corrected chi connectivity index (χ4v) is 4.01. The molecule has 0 saturated heterocycles. The number of amides is 1. The van der Waals surface area contributed by atoms with Crippen LogP contribution in [0.1, 0.15) is 30.6 Å². The third kappa shape index (κ3) is 2.88. The summed E-state index contributed by atoms with van der Waals surface area (Å²) in [7, 11) is 1.57. The molecular weight excluding hydrogens is 368 g/mol. The summed E-state index contributed by atoms with van der Waals surface area (Å²) in [4.78, 5) is 30.7. The summed E-state index contributed by atoms with van der Waals surface area (Å²) in [6, 6.07) is 14.0. The van der Waals surface area contributed by atoms with Gasteiger partial charge in [0.1, 0.15) is 5.75 Å². The number of nitrogens with zero attached hydrogens (tertiary/aromatic N) is 1. The number of nitrogens with one attached hydrogen (secondary N) is 1. The van der Waals surface area contributed by atoms with Crippen molar-refractivity contribution < 1.29 is 19.4 Å². The zero-order valence-corrected chi connectivity index (χ0v) is 16.5. The zero-order chi connectivity index (χ0) is 20.7. The molecule has 1 aliphatic rings. The molecule has 6 nitrogen and oxygen atoms in total. The molecule has 0 bridgehead atoms. The van der Waals surface area contributed by atoms with Crippen LogP contribution in [0, 0.1) is 6.92 Å². The summed E-state index contributed by atoms with van der Waals surface area (Å²) >= 11 is 0. The molecule has 6 heteroatoms. The van der Waals surface area contributed by atoms with Crippen LogP contribution in [0.4, 0.5) is 5.69 Å². The molecule has 2 heterocycles. The number of aromatic amines is 1. The second-order valence-electron chi connectivity index (χ2n) is 7.02. The number of ketones is 1. The van der Waals surface area contributed by atoms with Crippen LogP contribution >= 0.6 is 0 Å². The van der Waals surface area contributed by atoms with Crippen molar-refractivity contribution in [3.63, 3.8) is 0 Å². The Morgan fingerprint density at radius 2 is 1.86 bits per heavy atom. The highest BCUT2D eigenvalue weighted by molar-refractivity contribution is 6.17. The Hall–Kier alpha value is -3.54. The summed E-state index contributed by atoms with van der Waals surface area (Å²) in [6.45, 7) is 3.64. The van der Waals surface area contributed by atoms with Gasteiger partial charge in [0.25, 0.3) is 5.91 Å². The zero-order valence-electron chi connectivity index (χ0n) is 16.5. The number of anilines is 1. The van der Waals surface area contributed by atoms with E-state index >= 15 is 0 Å². The fourth-order valence-electron chi connectivity index (χ4n) is 4.01. The van der Waals surface area contributed by atoms with Gasteiger partial charge in [0.2, 0.25) is 0 Å². The number of methoxy groups -OCH3 is 1. The van der Waals surface area contributed by atoms with E-state index in [-0.39, 0.29) is 17.8 Å². The Morgan fingerprint density at radius 3 is 2.52 bits per heavy atom. The first-order chi connectivity index (χ1) is 14.0. The van der Waals surface area contributed by atoms with Crippen LogP contribution in [0.15, 0.2) is 59.9 Å². The lowest BCUT2D eigenvalue weighted by Gasteiger charge is -2.27. The van der Waals surface area contributed by atoms with Crippen molar-refractivity contribution in [3.8, 4) is 5.75 Å². The summed E-state index contributed by atoms with van der Waals surface area (Å²) in [6.07, 6.45) is 0.195. The van der Waals surface area contributed by atoms with E-state index in [1.807, 2.05) is 31.2 Å². The van der Waals surface area contributed by atoms with Crippen molar-refractivity contribution in [2.45, 2.75) is 26.3 Å². The molecule has 0 fully saturated rings. The summed E-state index contributed by atoms with van der Waals surface area (Å²) in [5.41, 5.74) is 3.29. The highest BCUT2D eigenvalue weighted by Gasteiger charge is 2.45. The van der Waals surface area contributed by atoms with E-state index in [9.17, 15) is 14.7 Å². The van der Waals surface area contributed by atoms with E-state index in [1.165, 1.54) is 4.90 Å². The molecule has 0 radical (unpaired) electrons. The van der Waals surface area contributed by atoms with E-state index in [4.69, 9.17) is 4.74 Å². The van der Waals surface area contributed by atoms with Gasteiger partial charge in [0.15, 0.2) is 11.5 Å². The number of ether oxygens (including phenoxy) is 1. The average molecular weight is 390 g/mol. The maximum atomic E-state index is 13.1. The van der Waals surface area contributed by atoms with E-state index in [0.717, 1.165) is 22.2 Å². The number of carbonyl (C=O) groups is 2. The maximum absolute atomic E-state index is 13.1. The predicted octanol–water partition coefficient (Wildman–Crippen LogP) is 4.36. The van der Waals surface area contributed by atoms with Crippen LogP contribution < -0.4 is 9.64 Å². The second-order valence-corrected chi connectivity index (χ2v) is 7.02. The van der Waals surface area contributed by atoms with Crippen molar-refractivity contribution in [2.75, 3.05) is 12.0 Å². The lowest BCUT2D eigenvalue weighted by atomic mass is 9.92. The molecule has 4 rings (SSSR count). The highest BCUT2D eigenvalue weighted by Crippen LogP contribution is 2.44. The molecule has 3 aromatic rings. The van der Waals surface area contributed by atoms with Crippen molar-refractivity contribution >= 4 is 28.3 Å². The van der Waals surface area contributed by atoms with Gasteiger partial charge in [-0.15, -0.1) is 0 Å². The predicted molar refractivity (Wildman–Crippen MR) is 111 cm³/mol. The third-order valence-electron chi connectivity index (χ3n) is 5.40. The molecule has 2 aromatic carbocycles. The van der Waals surface area contributed by atoms with Crippen LogP contribution in [0.3, 0.4) is 0 Å². The number of hydrogen-bond acceptors (Lipinski definition) is 4. The topological polar surface area (TPSA) is 82.6 Å². The molecule has 1 aromatic heterocycles. The normalized spacial score (nSPS) is 16.7. The van der Waals surface area contributed by atoms with E-state index in [1.54, 1.807) is 38.3 Å².